The minimum Gasteiger partial charge on any atom is -0.364 e. The average molecular weight is 284 g/mol. The first-order valence-corrected chi connectivity index (χ1v) is 6.82. The van der Waals surface area contributed by atoms with Crippen LogP contribution in [0.5, 0.6) is 0 Å². The van der Waals surface area contributed by atoms with Gasteiger partial charge in [-0.2, -0.15) is 0 Å². The van der Waals surface area contributed by atoms with E-state index in [1.807, 2.05) is 24.3 Å². The lowest BCUT2D eigenvalue weighted by atomic mass is 10.1. The van der Waals surface area contributed by atoms with E-state index in [-0.39, 0.29) is 0 Å². The summed E-state index contributed by atoms with van der Waals surface area (Å²) in [5, 5.41) is 13.8. The minimum atomic E-state index is 0.432. The van der Waals surface area contributed by atoms with E-state index in [4.69, 9.17) is 11.6 Å². The van der Waals surface area contributed by atoms with Crippen LogP contribution >= 0.6 is 11.6 Å². The zero-order valence-electron chi connectivity index (χ0n) is 11.1. The Hall–Kier alpha value is -2.13. The SMILES string of the molecule is Cc1ccc(CNc2nnc(Cl)c3ccccc23)cc1. The van der Waals surface area contributed by atoms with Gasteiger partial charge in [-0.1, -0.05) is 65.7 Å². The number of nitrogens with one attached hydrogen (secondary N) is 1. The van der Waals surface area contributed by atoms with Gasteiger partial charge in [-0.05, 0) is 12.5 Å². The molecular formula is C16H14ClN3. The van der Waals surface area contributed by atoms with Crippen molar-refractivity contribution >= 4 is 28.2 Å². The zero-order chi connectivity index (χ0) is 13.9. The standard InChI is InChI=1S/C16H14ClN3/c1-11-6-8-12(9-7-11)10-18-16-14-5-3-2-4-13(14)15(17)19-20-16/h2-9H,10H2,1H3,(H,18,20). The van der Waals surface area contributed by atoms with Crippen LogP contribution in [0.4, 0.5) is 5.82 Å². The minimum absolute atomic E-state index is 0.432. The van der Waals surface area contributed by atoms with Gasteiger partial charge in [-0.25, -0.2) is 0 Å². The highest BCUT2D eigenvalue weighted by Gasteiger charge is 2.06. The predicted octanol–water partition coefficient (Wildman–Crippen LogP) is 4.20. The van der Waals surface area contributed by atoms with Gasteiger partial charge in [0.05, 0.1) is 0 Å². The van der Waals surface area contributed by atoms with Crippen LogP contribution in [0.15, 0.2) is 48.5 Å². The lowest BCUT2D eigenvalue weighted by Crippen LogP contribution is -2.03. The summed E-state index contributed by atoms with van der Waals surface area (Å²) >= 11 is 6.06. The van der Waals surface area contributed by atoms with Crippen molar-refractivity contribution in [2.24, 2.45) is 0 Å². The van der Waals surface area contributed by atoms with Crippen molar-refractivity contribution in [3.8, 4) is 0 Å². The van der Waals surface area contributed by atoms with Crippen molar-refractivity contribution in [3.05, 3.63) is 64.8 Å². The van der Waals surface area contributed by atoms with E-state index in [1.165, 1.54) is 11.1 Å². The number of fused-ring (bicyclic) bond motifs is 1. The molecule has 3 rings (SSSR count). The summed E-state index contributed by atoms with van der Waals surface area (Å²) in [4.78, 5) is 0. The van der Waals surface area contributed by atoms with E-state index in [9.17, 15) is 0 Å². The molecule has 0 aliphatic rings. The summed E-state index contributed by atoms with van der Waals surface area (Å²) in [7, 11) is 0. The van der Waals surface area contributed by atoms with Crippen molar-refractivity contribution in [2.45, 2.75) is 13.5 Å². The van der Waals surface area contributed by atoms with Gasteiger partial charge in [0, 0.05) is 17.3 Å². The number of hydrogen-bond donors (Lipinski definition) is 1. The number of halogens is 1. The van der Waals surface area contributed by atoms with Gasteiger partial charge in [0.1, 0.15) is 0 Å². The van der Waals surface area contributed by atoms with E-state index < -0.39 is 0 Å². The van der Waals surface area contributed by atoms with Gasteiger partial charge < -0.3 is 5.32 Å². The maximum Gasteiger partial charge on any atom is 0.159 e. The van der Waals surface area contributed by atoms with Gasteiger partial charge in [0.2, 0.25) is 0 Å². The van der Waals surface area contributed by atoms with Gasteiger partial charge in [0.15, 0.2) is 11.0 Å². The maximum absolute atomic E-state index is 6.06. The Bertz CT molecular complexity index is 738. The molecule has 3 nitrogen and oxygen atoms in total. The molecule has 0 unspecified atom stereocenters. The molecule has 4 heteroatoms. The molecule has 0 saturated carbocycles. The summed E-state index contributed by atoms with van der Waals surface area (Å²) < 4.78 is 0. The number of nitrogens with zero attached hydrogens (tertiary/aromatic N) is 2. The highest BCUT2D eigenvalue weighted by molar-refractivity contribution is 6.34. The van der Waals surface area contributed by atoms with E-state index in [2.05, 4.69) is 46.7 Å². The van der Waals surface area contributed by atoms with Gasteiger partial charge >= 0.3 is 0 Å². The summed E-state index contributed by atoms with van der Waals surface area (Å²) in [5.74, 6) is 0.755. The van der Waals surface area contributed by atoms with Crippen molar-refractivity contribution < 1.29 is 0 Å². The van der Waals surface area contributed by atoms with Crippen LogP contribution in [0.2, 0.25) is 5.15 Å². The van der Waals surface area contributed by atoms with Crippen LogP contribution < -0.4 is 5.32 Å². The average Bonchev–Trinajstić information content (AvgIpc) is 2.49. The maximum atomic E-state index is 6.06. The largest absolute Gasteiger partial charge is 0.364 e. The van der Waals surface area contributed by atoms with Gasteiger partial charge in [-0.15, -0.1) is 10.2 Å². The first-order valence-electron chi connectivity index (χ1n) is 6.44. The second-order valence-corrected chi connectivity index (χ2v) is 5.08. The molecule has 0 bridgehead atoms. The third-order valence-corrected chi connectivity index (χ3v) is 3.50. The van der Waals surface area contributed by atoms with Crippen LogP contribution in [0.1, 0.15) is 11.1 Å². The highest BCUT2D eigenvalue weighted by atomic mass is 35.5. The van der Waals surface area contributed by atoms with Crippen molar-refractivity contribution in [2.75, 3.05) is 5.32 Å². The van der Waals surface area contributed by atoms with E-state index in [0.29, 0.717) is 11.7 Å². The van der Waals surface area contributed by atoms with Crippen LogP contribution in [0, 0.1) is 6.92 Å². The molecule has 100 valence electrons. The van der Waals surface area contributed by atoms with E-state index in [1.54, 1.807) is 0 Å². The normalized spacial score (nSPS) is 10.7. The number of rotatable bonds is 3. The Labute approximate surface area is 122 Å². The molecule has 0 radical (unpaired) electrons. The lowest BCUT2D eigenvalue weighted by molar-refractivity contribution is 1.02. The molecule has 0 saturated heterocycles. The fourth-order valence-corrected chi connectivity index (χ4v) is 2.30. The second kappa shape index (κ2) is 5.47. The zero-order valence-corrected chi connectivity index (χ0v) is 11.9. The third kappa shape index (κ3) is 2.58. The Morgan fingerprint density at radius 2 is 1.65 bits per heavy atom. The molecule has 0 atom stereocenters. The van der Waals surface area contributed by atoms with Gasteiger partial charge in [-0.3, -0.25) is 0 Å². The molecular weight excluding hydrogens is 270 g/mol. The van der Waals surface area contributed by atoms with Crippen LogP contribution in [0.25, 0.3) is 10.8 Å². The second-order valence-electron chi connectivity index (χ2n) is 4.72. The van der Waals surface area contributed by atoms with Crippen molar-refractivity contribution in [1.82, 2.24) is 10.2 Å². The molecule has 1 aromatic heterocycles. The molecule has 0 amide bonds. The number of aryl methyl sites for hydroxylation is 1. The molecule has 0 aliphatic carbocycles. The molecule has 20 heavy (non-hydrogen) atoms. The number of benzene rings is 2. The summed E-state index contributed by atoms with van der Waals surface area (Å²) in [6.07, 6.45) is 0. The quantitative estimate of drug-likeness (QED) is 0.783. The summed E-state index contributed by atoms with van der Waals surface area (Å²) in [6.45, 7) is 2.79. The van der Waals surface area contributed by atoms with E-state index >= 15 is 0 Å². The topological polar surface area (TPSA) is 37.8 Å². The Kier molecular flexibility index (Phi) is 3.52. The fraction of sp³-hybridized carbons (Fsp3) is 0.125. The van der Waals surface area contributed by atoms with Crippen LogP contribution in [-0.4, -0.2) is 10.2 Å². The van der Waals surface area contributed by atoms with Crippen LogP contribution in [0.3, 0.4) is 0 Å². The molecule has 0 aliphatic heterocycles. The smallest absolute Gasteiger partial charge is 0.159 e. The fourth-order valence-electron chi connectivity index (χ4n) is 2.09. The molecule has 0 spiro atoms. The first-order chi connectivity index (χ1) is 9.74. The third-order valence-electron chi connectivity index (χ3n) is 3.22. The summed E-state index contributed by atoms with van der Waals surface area (Å²) in [6, 6.07) is 16.3. The molecule has 3 aromatic rings. The number of hydrogen-bond acceptors (Lipinski definition) is 3. The Morgan fingerprint density at radius 3 is 2.40 bits per heavy atom. The van der Waals surface area contributed by atoms with Crippen molar-refractivity contribution in [1.29, 1.82) is 0 Å². The number of aromatic nitrogens is 2. The molecule has 0 fully saturated rings. The summed E-state index contributed by atoms with van der Waals surface area (Å²) in [5.41, 5.74) is 2.46. The molecule has 2 aromatic carbocycles. The predicted molar refractivity (Wildman–Crippen MR) is 83.1 cm³/mol. The Balaban J connectivity index is 1.88. The molecule has 1 heterocycles. The first kappa shape index (κ1) is 12.9. The van der Waals surface area contributed by atoms with Gasteiger partial charge in [0.25, 0.3) is 0 Å². The molecule has 1 N–H and O–H groups in total. The van der Waals surface area contributed by atoms with E-state index in [0.717, 1.165) is 16.6 Å². The lowest BCUT2D eigenvalue weighted by Gasteiger charge is -2.09. The highest BCUT2D eigenvalue weighted by Crippen LogP contribution is 2.25. The Morgan fingerprint density at radius 1 is 0.950 bits per heavy atom. The number of anilines is 1. The van der Waals surface area contributed by atoms with Crippen LogP contribution in [-0.2, 0) is 6.54 Å². The van der Waals surface area contributed by atoms with Crippen molar-refractivity contribution in [3.63, 3.8) is 0 Å². The monoisotopic (exact) mass is 283 g/mol.